The number of carbonyl (C=O) groups excluding carboxylic acids is 1. The Labute approximate surface area is 178 Å². The highest BCUT2D eigenvalue weighted by Crippen LogP contribution is 2.31. The summed E-state index contributed by atoms with van der Waals surface area (Å²) >= 11 is 0. The van der Waals surface area contributed by atoms with Gasteiger partial charge in [0.05, 0.1) is 11.0 Å². The molecule has 0 aliphatic carbocycles. The number of nitriles is 1. The number of benzene rings is 2. The van der Waals surface area contributed by atoms with Gasteiger partial charge in [0.1, 0.15) is 31.5 Å². The number of rotatable bonds is 5. The minimum Gasteiger partial charge on any atom is -0.507 e. The molecular weight excluding hydrogens is 398 g/mol. The van der Waals surface area contributed by atoms with Gasteiger partial charge < -0.3 is 23.9 Å². The Hall–Kier alpha value is -4.25. The normalized spacial score (nSPS) is 13.7. The first-order valence-electron chi connectivity index (χ1n) is 9.55. The van der Waals surface area contributed by atoms with Gasteiger partial charge in [-0.25, -0.2) is 9.78 Å². The molecule has 31 heavy (non-hydrogen) atoms. The molecule has 1 aromatic heterocycles. The summed E-state index contributed by atoms with van der Waals surface area (Å²) in [6, 6.07) is 14.6. The number of imidazole rings is 1. The summed E-state index contributed by atoms with van der Waals surface area (Å²) in [4.78, 5) is 16.5. The lowest BCUT2D eigenvalue weighted by molar-refractivity contribution is -0.137. The minimum atomic E-state index is -0.663. The summed E-state index contributed by atoms with van der Waals surface area (Å²) in [6.45, 7) is 0.529. The maximum absolute atomic E-state index is 12.1. The predicted molar refractivity (Wildman–Crippen MR) is 113 cm³/mol. The van der Waals surface area contributed by atoms with Crippen molar-refractivity contribution in [3.63, 3.8) is 0 Å². The molecule has 1 aliphatic rings. The average molecular weight is 417 g/mol. The predicted octanol–water partition coefficient (Wildman–Crippen LogP) is 3.39. The number of para-hydroxylation sites is 2. The van der Waals surface area contributed by atoms with Crippen LogP contribution >= 0.6 is 0 Å². The average Bonchev–Trinajstić information content (AvgIpc) is 3.13. The van der Waals surface area contributed by atoms with Crippen molar-refractivity contribution < 1.29 is 24.1 Å². The zero-order valence-electron chi connectivity index (χ0n) is 16.7. The van der Waals surface area contributed by atoms with Crippen molar-refractivity contribution in [1.29, 1.82) is 5.26 Å². The number of allylic oxidation sites excluding steroid dienone is 1. The fraction of sp³-hybridized carbons (Fsp3) is 0.174. The number of aromatic nitrogens is 2. The maximum Gasteiger partial charge on any atom is 0.331 e. The maximum atomic E-state index is 12.1. The lowest BCUT2D eigenvalue weighted by atomic mass is 10.2. The molecule has 4 rings (SSSR count). The number of nitrogens with zero attached hydrogens (tertiary/aromatic N) is 3. The number of aliphatic hydroxyl groups excluding tert-OH is 1. The second-order valence-electron chi connectivity index (χ2n) is 6.76. The number of ether oxygens (including phenoxy) is 3. The fourth-order valence-corrected chi connectivity index (χ4v) is 3.20. The summed E-state index contributed by atoms with van der Waals surface area (Å²) in [7, 11) is 1.75. The summed E-state index contributed by atoms with van der Waals surface area (Å²) in [5.41, 5.74) is 2.19. The first-order chi connectivity index (χ1) is 15.1. The monoisotopic (exact) mass is 417 g/mol. The molecule has 156 valence electrons. The van der Waals surface area contributed by atoms with Gasteiger partial charge in [-0.2, -0.15) is 5.26 Å². The highest BCUT2D eigenvalue weighted by Gasteiger charge is 2.17. The van der Waals surface area contributed by atoms with E-state index in [-0.39, 0.29) is 11.3 Å². The Morgan fingerprint density at radius 1 is 1.26 bits per heavy atom. The van der Waals surface area contributed by atoms with E-state index in [1.807, 2.05) is 30.3 Å². The molecule has 0 saturated heterocycles. The van der Waals surface area contributed by atoms with Gasteiger partial charge in [-0.3, -0.25) is 0 Å². The summed E-state index contributed by atoms with van der Waals surface area (Å²) < 4.78 is 17.7. The van der Waals surface area contributed by atoms with Crippen LogP contribution in [0.15, 0.2) is 54.3 Å². The standard InChI is InChI=1S/C23H19N3O5/c1-26-18-5-3-2-4-17(18)25-23(26)16(13-24)19(27)14-31-22(28)9-7-15-6-8-20-21(12-15)30-11-10-29-20/h2-9,12,27H,10-11,14H2,1H3/b9-7+,19-16-. The van der Waals surface area contributed by atoms with Crippen LogP contribution in [0.4, 0.5) is 0 Å². The third kappa shape index (κ3) is 4.21. The lowest BCUT2D eigenvalue weighted by Crippen LogP contribution is -2.15. The SMILES string of the molecule is Cn1c(/C(C#N)=C(\O)COC(=O)/C=C/c2ccc3c(c2)OCCO3)nc2ccccc21. The van der Waals surface area contributed by atoms with Gasteiger partial charge in [0.15, 0.2) is 23.1 Å². The van der Waals surface area contributed by atoms with Gasteiger partial charge in [-0.1, -0.05) is 18.2 Å². The molecule has 0 unspecified atom stereocenters. The summed E-state index contributed by atoms with van der Waals surface area (Å²) in [5, 5.41) is 19.9. The van der Waals surface area contributed by atoms with Crippen LogP contribution in [0.2, 0.25) is 0 Å². The number of hydrogen-bond acceptors (Lipinski definition) is 7. The molecule has 2 heterocycles. The Morgan fingerprint density at radius 2 is 2.03 bits per heavy atom. The van der Waals surface area contributed by atoms with Crippen LogP contribution in [0.1, 0.15) is 11.4 Å². The molecule has 8 nitrogen and oxygen atoms in total. The largest absolute Gasteiger partial charge is 0.507 e. The Kier molecular flexibility index (Phi) is 5.58. The van der Waals surface area contributed by atoms with Gasteiger partial charge in [-0.15, -0.1) is 0 Å². The zero-order valence-corrected chi connectivity index (χ0v) is 16.7. The smallest absolute Gasteiger partial charge is 0.331 e. The second-order valence-corrected chi connectivity index (χ2v) is 6.76. The van der Waals surface area contributed by atoms with E-state index >= 15 is 0 Å². The summed E-state index contributed by atoms with van der Waals surface area (Å²) in [6.07, 6.45) is 2.80. The van der Waals surface area contributed by atoms with Crippen LogP contribution in [0.3, 0.4) is 0 Å². The van der Waals surface area contributed by atoms with E-state index in [0.717, 1.165) is 11.1 Å². The van der Waals surface area contributed by atoms with Gasteiger partial charge in [0.2, 0.25) is 0 Å². The minimum absolute atomic E-state index is 0.0534. The number of esters is 1. The molecule has 8 heteroatoms. The third-order valence-electron chi connectivity index (χ3n) is 4.74. The van der Waals surface area contributed by atoms with Crippen LogP contribution in [-0.2, 0) is 16.6 Å². The number of carbonyl (C=O) groups is 1. The van der Waals surface area contributed by atoms with E-state index in [1.54, 1.807) is 35.9 Å². The highest BCUT2D eigenvalue weighted by atomic mass is 16.6. The molecule has 0 amide bonds. The van der Waals surface area contributed by atoms with Crippen LogP contribution < -0.4 is 9.47 Å². The van der Waals surface area contributed by atoms with Gasteiger partial charge in [0, 0.05) is 13.1 Å². The van der Waals surface area contributed by atoms with Crippen LogP contribution in [-0.4, -0.2) is 40.4 Å². The lowest BCUT2D eigenvalue weighted by Gasteiger charge is -2.18. The molecule has 3 aromatic rings. The van der Waals surface area contributed by atoms with Crippen molar-refractivity contribution in [3.05, 3.63) is 65.7 Å². The molecule has 0 atom stereocenters. The van der Waals surface area contributed by atoms with Crippen molar-refractivity contribution >= 4 is 28.7 Å². The van der Waals surface area contributed by atoms with Crippen LogP contribution in [0, 0.1) is 11.3 Å². The van der Waals surface area contributed by atoms with Crippen molar-refractivity contribution in [3.8, 4) is 17.6 Å². The van der Waals surface area contributed by atoms with Gasteiger partial charge in [0.25, 0.3) is 0 Å². The van der Waals surface area contributed by atoms with Crippen LogP contribution in [0.5, 0.6) is 11.5 Å². The van der Waals surface area contributed by atoms with E-state index in [2.05, 4.69) is 4.98 Å². The molecule has 0 fully saturated rings. The number of hydrogen-bond donors (Lipinski definition) is 1. The van der Waals surface area contributed by atoms with E-state index < -0.39 is 12.6 Å². The second kappa shape index (κ2) is 8.63. The van der Waals surface area contributed by atoms with E-state index in [1.165, 1.54) is 6.08 Å². The topological polar surface area (TPSA) is 107 Å². The van der Waals surface area contributed by atoms with Crippen molar-refractivity contribution in [1.82, 2.24) is 9.55 Å². The molecule has 1 aliphatic heterocycles. The Bertz CT molecular complexity index is 1250. The van der Waals surface area contributed by atoms with Crippen molar-refractivity contribution in [2.24, 2.45) is 7.05 Å². The molecule has 0 saturated carbocycles. The number of fused-ring (bicyclic) bond motifs is 2. The van der Waals surface area contributed by atoms with E-state index in [9.17, 15) is 15.2 Å². The van der Waals surface area contributed by atoms with E-state index in [0.29, 0.717) is 36.1 Å². The molecule has 0 radical (unpaired) electrons. The zero-order chi connectivity index (χ0) is 21.8. The van der Waals surface area contributed by atoms with Gasteiger partial charge >= 0.3 is 5.97 Å². The summed E-state index contributed by atoms with van der Waals surface area (Å²) in [5.74, 6) is 0.533. The van der Waals surface area contributed by atoms with Crippen molar-refractivity contribution in [2.45, 2.75) is 0 Å². The quantitative estimate of drug-likeness (QED) is 0.293. The molecular formula is C23H19N3O5. The Morgan fingerprint density at radius 3 is 2.81 bits per heavy atom. The number of aryl methyl sites for hydroxylation is 1. The van der Waals surface area contributed by atoms with Crippen molar-refractivity contribution in [2.75, 3.05) is 19.8 Å². The molecule has 0 bridgehead atoms. The van der Waals surface area contributed by atoms with Crippen LogP contribution in [0.25, 0.3) is 22.7 Å². The fourth-order valence-electron chi connectivity index (χ4n) is 3.20. The molecule has 0 spiro atoms. The molecule has 2 aromatic carbocycles. The molecule has 1 N–H and O–H groups in total. The number of aliphatic hydroxyl groups is 1. The first-order valence-corrected chi connectivity index (χ1v) is 9.55. The first kappa shape index (κ1) is 20.0. The van der Waals surface area contributed by atoms with Gasteiger partial charge in [-0.05, 0) is 35.9 Å². The van der Waals surface area contributed by atoms with E-state index in [4.69, 9.17) is 14.2 Å². The third-order valence-corrected chi connectivity index (χ3v) is 4.74. The Balaban J connectivity index is 1.45. The highest BCUT2D eigenvalue weighted by molar-refractivity contribution is 5.88.